The second-order valence-electron chi connectivity index (χ2n) is 1.59. The van der Waals surface area contributed by atoms with E-state index >= 15 is 0 Å². The lowest BCUT2D eigenvalue weighted by molar-refractivity contribution is -0.0687. The number of carbonyl (C=O) groups excluding carboxylic acids is 1. The van der Waals surface area contributed by atoms with Crippen molar-refractivity contribution in [1.29, 1.82) is 0 Å². The van der Waals surface area contributed by atoms with Crippen LogP contribution in [0, 0.1) is 0 Å². The Balaban J connectivity index is 3.45. The molecule has 0 aliphatic rings. The molecule has 0 rings (SSSR count). The molecular formula is C5H11NO3. The number of methoxy groups -OCH3 is 1. The summed E-state index contributed by atoms with van der Waals surface area (Å²) in [5.41, 5.74) is 0. The zero-order chi connectivity index (χ0) is 7.28. The average molecular weight is 133 g/mol. The predicted molar refractivity (Wildman–Crippen MR) is 31.2 cm³/mol. The van der Waals surface area contributed by atoms with Crippen LogP contribution in [0.4, 0.5) is 4.79 Å². The number of rotatable bonds is 2. The number of ether oxygens (including phenoxy) is 1. The van der Waals surface area contributed by atoms with Gasteiger partial charge < -0.3 is 4.74 Å². The smallest absolute Gasteiger partial charge is 0.433 e. The first kappa shape index (κ1) is 8.23. The number of hydrogen-bond acceptors (Lipinski definition) is 3. The molecule has 0 saturated carbocycles. The van der Waals surface area contributed by atoms with Gasteiger partial charge in [0, 0.05) is 0 Å². The second-order valence-corrected chi connectivity index (χ2v) is 1.59. The molecule has 9 heavy (non-hydrogen) atoms. The molecule has 1 N–H and O–H groups in total. The standard InChI is InChI=1S/C5H11NO3/c1-3-4-6(8)5(7)9-2/h8H,3-4H2,1-2H3. The van der Waals surface area contributed by atoms with Gasteiger partial charge in [-0.15, -0.1) is 0 Å². The van der Waals surface area contributed by atoms with Crippen molar-refractivity contribution >= 4 is 6.09 Å². The fraction of sp³-hybridized carbons (Fsp3) is 0.800. The molecule has 4 nitrogen and oxygen atoms in total. The van der Waals surface area contributed by atoms with Crippen LogP contribution in [0.3, 0.4) is 0 Å². The van der Waals surface area contributed by atoms with Crippen LogP contribution in [0.1, 0.15) is 13.3 Å². The van der Waals surface area contributed by atoms with Gasteiger partial charge in [-0.1, -0.05) is 6.92 Å². The molecule has 0 aromatic carbocycles. The topological polar surface area (TPSA) is 49.8 Å². The van der Waals surface area contributed by atoms with E-state index in [1.807, 2.05) is 6.92 Å². The molecule has 0 aromatic heterocycles. The van der Waals surface area contributed by atoms with Gasteiger partial charge in [0.25, 0.3) is 0 Å². The number of hydrogen-bond donors (Lipinski definition) is 1. The Morgan fingerprint density at radius 3 is 2.67 bits per heavy atom. The van der Waals surface area contributed by atoms with Gasteiger partial charge in [0.1, 0.15) is 0 Å². The van der Waals surface area contributed by atoms with Gasteiger partial charge in [0.05, 0.1) is 13.7 Å². The van der Waals surface area contributed by atoms with Crippen LogP contribution in [-0.2, 0) is 4.74 Å². The van der Waals surface area contributed by atoms with E-state index in [1.165, 1.54) is 7.11 Å². The maximum absolute atomic E-state index is 10.4. The fourth-order valence-corrected chi connectivity index (χ4v) is 0.408. The van der Waals surface area contributed by atoms with E-state index in [4.69, 9.17) is 5.21 Å². The summed E-state index contributed by atoms with van der Waals surface area (Å²) >= 11 is 0. The van der Waals surface area contributed by atoms with Crippen molar-refractivity contribution in [2.75, 3.05) is 13.7 Å². The third-order valence-corrected chi connectivity index (χ3v) is 0.821. The van der Waals surface area contributed by atoms with Crippen LogP contribution >= 0.6 is 0 Å². The van der Waals surface area contributed by atoms with Gasteiger partial charge in [-0.3, -0.25) is 5.21 Å². The van der Waals surface area contributed by atoms with E-state index in [1.54, 1.807) is 0 Å². The summed E-state index contributed by atoms with van der Waals surface area (Å²) in [5, 5.41) is 9.22. The summed E-state index contributed by atoms with van der Waals surface area (Å²) in [4.78, 5) is 10.4. The summed E-state index contributed by atoms with van der Waals surface area (Å²) < 4.78 is 4.20. The summed E-state index contributed by atoms with van der Waals surface area (Å²) in [6, 6.07) is 0. The minimum Gasteiger partial charge on any atom is -0.451 e. The Morgan fingerprint density at radius 1 is 1.78 bits per heavy atom. The van der Waals surface area contributed by atoms with Crippen LogP contribution in [0.15, 0.2) is 0 Å². The Kier molecular flexibility index (Phi) is 3.79. The van der Waals surface area contributed by atoms with Gasteiger partial charge in [-0.25, -0.2) is 4.79 Å². The summed E-state index contributed by atoms with van der Waals surface area (Å²) in [6.07, 6.45) is 0.00264. The monoisotopic (exact) mass is 133 g/mol. The first-order valence-corrected chi connectivity index (χ1v) is 2.76. The molecule has 0 heterocycles. The third-order valence-electron chi connectivity index (χ3n) is 0.821. The first-order chi connectivity index (χ1) is 4.22. The van der Waals surface area contributed by atoms with E-state index in [0.717, 1.165) is 0 Å². The molecule has 0 radical (unpaired) electrons. The van der Waals surface area contributed by atoms with E-state index in [9.17, 15) is 4.79 Å². The maximum atomic E-state index is 10.4. The van der Waals surface area contributed by atoms with E-state index in [0.29, 0.717) is 18.0 Å². The van der Waals surface area contributed by atoms with Crippen LogP contribution in [0.5, 0.6) is 0 Å². The van der Waals surface area contributed by atoms with Crippen molar-refractivity contribution in [2.45, 2.75) is 13.3 Å². The number of hydroxylamine groups is 2. The number of carbonyl (C=O) groups is 1. The van der Waals surface area contributed by atoms with Crippen LogP contribution < -0.4 is 0 Å². The third kappa shape index (κ3) is 2.92. The molecule has 4 heteroatoms. The second kappa shape index (κ2) is 4.14. The largest absolute Gasteiger partial charge is 0.451 e. The lowest BCUT2D eigenvalue weighted by atomic mass is 10.5. The van der Waals surface area contributed by atoms with Crippen LogP contribution in [0.2, 0.25) is 0 Å². The van der Waals surface area contributed by atoms with Gasteiger partial charge in [0.15, 0.2) is 0 Å². The summed E-state index contributed by atoms with van der Waals surface area (Å²) in [7, 11) is 1.22. The normalized spacial score (nSPS) is 8.78. The first-order valence-electron chi connectivity index (χ1n) is 2.76. The molecule has 0 unspecified atom stereocenters. The fourth-order valence-electron chi connectivity index (χ4n) is 0.408. The highest BCUT2D eigenvalue weighted by Gasteiger charge is 2.06. The molecular weight excluding hydrogens is 122 g/mol. The zero-order valence-corrected chi connectivity index (χ0v) is 5.63. The Hall–Kier alpha value is -0.770. The highest BCUT2D eigenvalue weighted by Crippen LogP contribution is 1.88. The molecule has 0 fully saturated rings. The van der Waals surface area contributed by atoms with Gasteiger partial charge in [-0.05, 0) is 6.42 Å². The molecule has 0 atom stereocenters. The highest BCUT2D eigenvalue weighted by molar-refractivity contribution is 5.65. The number of nitrogens with zero attached hydrogens (tertiary/aromatic N) is 1. The minimum absolute atomic E-state index is 0.312. The molecule has 1 amide bonds. The number of amides is 1. The summed E-state index contributed by atoms with van der Waals surface area (Å²) in [5.74, 6) is 0. The van der Waals surface area contributed by atoms with Crippen LogP contribution in [0.25, 0.3) is 0 Å². The highest BCUT2D eigenvalue weighted by atomic mass is 16.6. The van der Waals surface area contributed by atoms with Gasteiger partial charge in [-0.2, -0.15) is 5.06 Å². The van der Waals surface area contributed by atoms with Gasteiger partial charge in [0.2, 0.25) is 0 Å². The SMILES string of the molecule is CCCN(O)C(=O)OC. The van der Waals surface area contributed by atoms with Crippen molar-refractivity contribution < 1.29 is 14.7 Å². The zero-order valence-electron chi connectivity index (χ0n) is 5.63. The van der Waals surface area contributed by atoms with E-state index in [-0.39, 0.29) is 0 Å². The molecule has 0 saturated heterocycles. The predicted octanol–water partition coefficient (Wildman–Crippen LogP) is 0.854. The molecule has 0 aliphatic carbocycles. The van der Waals surface area contributed by atoms with E-state index in [2.05, 4.69) is 4.74 Å². The van der Waals surface area contributed by atoms with Gasteiger partial charge >= 0.3 is 6.09 Å². The Bertz CT molecular complexity index is 94.2. The molecule has 0 spiro atoms. The quantitative estimate of drug-likeness (QED) is 0.449. The lowest BCUT2D eigenvalue weighted by Gasteiger charge is -2.10. The molecule has 0 bridgehead atoms. The lowest BCUT2D eigenvalue weighted by Crippen LogP contribution is -2.27. The Morgan fingerprint density at radius 2 is 2.33 bits per heavy atom. The minimum atomic E-state index is -0.711. The van der Waals surface area contributed by atoms with Crippen molar-refractivity contribution in [1.82, 2.24) is 5.06 Å². The Labute approximate surface area is 54.0 Å². The van der Waals surface area contributed by atoms with Crippen LogP contribution in [-0.4, -0.2) is 30.0 Å². The van der Waals surface area contributed by atoms with Crippen molar-refractivity contribution in [3.63, 3.8) is 0 Å². The molecule has 0 aliphatic heterocycles. The van der Waals surface area contributed by atoms with Crippen molar-refractivity contribution in [2.24, 2.45) is 0 Å². The average Bonchev–Trinajstić information content (AvgIpc) is 1.87. The summed E-state index contributed by atoms with van der Waals surface area (Å²) in [6.45, 7) is 2.17. The molecule has 54 valence electrons. The van der Waals surface area contributed by atoms with Crippen molar-refractivity contribution in [3.8, 4) is 0 Å². The van der Waals surface area contributed by atoms with Crippen molar-refractivity contribution in [3.05, 3.63) is 0 Å². The maximum Gasteiger partial charge on any atom is 0.433 e. The van der Waals surface area contributed by atoms with E-state index < -0.39 is 6.09 Å². The molecule has 0 aromatic rings.